The summed E-state index contributed by atoms with van der Waals surface area (Å²) in [6, 6.07) is 19.6. The molecule has 0 unspecified atom stereocenters. The number of alkyl halides is 3. The number of hydrogen-bond donors (Lipinski definition) is 0. The highest BCUT2D eigenvalue weighted by Gasteiger charge is 2.47. The lowest BCUT2D eigenvalue weighted by Gasteiger charge is -2.26. The van der Waals surface area contributed by atoms with Crippen LogP contribution in [-0.2, 0) is 28.7 Å². The van der Waals surface area contributed by atoms with Gasteiger partial charge in [0.2, 0.25) is 5.78 Å². The minimum atomic E-state index is -4.65. The second-order valence-electron chi connectivity index (χ2n) is 13.5. The summed E-state index contributed by atoms with van der Waals surface area (Å²) >= 11 is 0. The van der Waals surface area contributed by atoms with E-state index in [0.717, 1.165) is 34.9 Å². The van der Waals surface area contributed by atoms with Gasteiger partial charge in [0.15, 0.2) is 5.76 Å². The third kappa shape index (κ3) is 8.04. The van der Waals surface area contributed by atoms with E-state index in [1.165, 1.54) is 0 Å². The molecule has 1 aliphatic rings. The lowest BCUT2D eigenvalue weighted by atomic mass is 9.86. The van der Waals surface area contributed by atoms with E-state index in [4.69, 9.17) is 13.9 Å². The van der Waals surface area contributed by atoms with E-state index >= 15 is 0 Å². The van der Waals surface area contributed by atoms with Crippen molar-refractivity contribution >= 4 is 43.7 Å². The van der Waals surface area contributed by atoms with Gasteiger partial charge in [-0.05, 0) is 85.6 Å². The van der Waals surface area contributed by atoms with Crippen LogP contribution >= 0.6 is 10.0 Å². The molecule has 1 fully saturated rings. The highest BCUT2D eigenvalue weighted by molar-refractivity contribution is 8.32. The molecule has 0 saturated heterocycles. The van der Waals surface area contributed by atoms with Gasteiger partial charge in [-0.25, -0.2) is 14.7 Å². The van der Waals surface area contributed by atoms with Crippen LogP contribution in [0.3, 0.4) is 0 Å². The molecule has 2 aromatic heterocycles. The predicted molar refractivity (Wildman–Crippen MR) is 186 cm³/mol. The van der Waals surface area contributed by atoms with Crippen LogP contribution in [-0.4, -0.2) is 64.5 Å². The lowest BCUT2D eigenvalue weighted by molar-refractivity contribution is -0.150. The van der Waals surface area contributed by atoms with E-state index in [-0.39, 0.29) is 35.6 Å². The van der Waals surface area contributed by atoms with Crippen molar-refractivity contribution in [3.8, 4) is 5.75 Å². The summed E-state index contributed by atoms with van der Waals surface area (Å²) in [5.41, 5.74) is -0.0815. The molecule has 50 heavy (non-hydrogen) atoms. The fourth-order valence-corrected chi connectivity index (χ4v) is 6.95. The minimum absolute atomic E-state index is 0.0222. The maximum absolute atomic E-state index is 14.0. The predicted octanol–water partition coefficient (Wildman–Crippen LogP) is 6.94. The number of carbonyl (C=O) groups is 2. The number of nitrogens with zero attached hydrogens (tertiary/aromatic N) is 3. The fourth-order valence-electron chi connectivity index (χ4n) is 6.37. The van der Waals surface area contributed by atoms with Crippen molar-refractivity contribution in [2.45, 2.75) is 32.0 Å². The van der Waals surface area contributed by atoms with E-state index in [9.17, 15) is 27.6 Å². The van der Waals surface area contributed by atoms with Crippen molar-refractivity contribution in [2.24, 2.45) is 17.8 Å². The maximum atomic E-state index is 14.0. The van der Waals surface area contributed by atoms with Crippen molar-refractivity contribution < 1.29 is 36.7 Å². The number of benzene rings is 3. The van der Waals surface area contributed by atoms with Crippen molar-refractivity contribution in [1.29, 1.82) is 0 Å². The number of ether oxygens (including phenoxy) is 2. The number of rotatable bonds is 12. The zero-order chi connectivity index (χ0) is 35.6. The molecule has 0 bridgehead atoms. The highest BCUT2D eigenvalue weighted by atomic mass is 32.3. The Labute approximate surface area is 288 Å². The summed E-state index contributed by atoms with van der Waals surface area (Å²) in [4.78, 5) is 41.1. The highest BCUT2D eigenvalue weighted by Crippen LogP contribution is 2.42. The van der Waals surface area contributed by atoms with E-state index in [1.54, 1.807) is 24.3 Å². The monoisotopic (exact) mass is 709 g/mol. The number of aromatic nitrogens is 3. The molecule has 3 aromatic carbocycles. The fraction of sp³-hybridized carbons (Fsp3) is 0.378. The number of halogens is 3. The Kier molecular flexibility index (Phi) is 10.1. The third-order valence-corrected chi connectivity index (χ3v) is 10.4. The third-order valence-electron chi connectivity index (χ3n) is 9.03. The van der Waals surface area contributed by atoms with Crippen molar-refractivity contribution in [1.82, 2.24) is 15.0 Å². The van der Waals surface area contributed by atoms with Gasteiger partial charge >= 0.3 is 12.1 Å². The Bertz CT molecular complexity index is 2070. The number of hydrogen-bond acceptors (Lipinski definition) is 8. The van der Waals surface area contributed by atoms with Gasteiger partial charge in [-0.15, -0.1) is 5.10 Å². The molecular weight excluding hydrogens is 671 g/mol. The summed E-state index contributed by atoms with van der Waals surface area (Å²) in [6.07, 6.45) is 3.06. The number of esters is 1. The van der Waals surface area contributed by atoms with Crippen LogP contribution in [0.2, 0.25) is 0 Å². The van der Waals surface area contributed by atoms with Crippen LogP contribution in [0, 0.1) is 17.8 Å². The Morgan fingerprint density at radius 3 is 2.50 bits per heavy atom. The van der Waals surface area contributed by atoms with Crippen LogP contribution in [0.15, 0.2) is 82.0 Å². The summed E-state index contributed by atoms with van der Waals surface area (Å²) in [5, 5.41) is 8.36. The molecule has 0 radical (unpaired) electrons. The molecule has 5 aromatic rings. The molecule has 1 aliphatic carbocycles. The van der Waals surface area contributed by atoms with Gasteiger partial charge in [-0.3, -0.25) is 14.4 Å². The largest absolute Gasteiger partial charge is 0.493 e. The Morgan fingerprint density at radius 1 is 0.980 bits per heavy atom. The summed E-state index contributed by atoms with van der Waals surface area (Å²) in [7, 11) is -0.971. The molecule has 9 nitrogen and oxygen atoms in total. The topological polar surface area (TPSA) is 114 Å². The first-order valence-electron chi connectivity index (χ1n) is 16.3. The van der Waals surface area contributed by atoms with Gasteiger partial charge in [-0.1, -0.05) is 35.5 Å². The average molecular weight is 710 g/mol. The molecule has 13 heteroatoms. The van der Waals surface area contributed by atoms with Crippen LogP contribution in [0.5, 0.6) is 5.75 Å². The van der Waals surface area contributed by atoms with Gasteiger partial charge in [0.05, 0.1) is 36.6 Å². The molecule has 6 rings (SSSR count). The summed E-state index contributed by atoms with van der Waals surface area (Å²) in [6.45, 7) is 0.516. The van der Waals surface area contributed by atoms with Crippen molar-refractivity contribution in [3.05, 3.63) is 100 Å². The van der Waals surface area contributed by atoms with Gasteiger partial charge in [0.25, 0.3) is 5.56 Å². The smallest absolute Gasteiger partial charge is 0.416 e. The standard InChI is InChI=1S/C37H38F3N3O6S/c1-50(2,3)18-17-48-36(46)33-24(22-43-35(45)29-21-26(37(38,39)40)10-13-30(29)41-42-43)9-12-28(33)34(44)32-20-25-19-27(11-14-31(25)49-32)47-16-15-23-7-5-4-6-8-23/h4-8,10-11,13-14,19-21,24,28,33H,9,12,15-18,22H2,1-3H3/t24-,28-,33-/m0/s1. The second kappa shape index (κ2) is 14.3. The number of ketones is 1. The average Bonchev–Trinajstić information content (AvgIpc) is 3.69. The molecule has 0 spiro atoms. The molecular formula is C37H38F3N3O6S. The molecule has 0 aliphatic heterocycles. The van der Waals surface area contributed by atoms with Crippen molar-refractivity contribution in [2.75, 3.05) is 37.7 Å². The quantitative estimate of drug-likeness (QED) is 0.101. The minimum Gasteiger partial charge on any atom is -0.493 e. The first-order valence-corrected chi connectivity index (χ1v) is 19.3. The van der Waals surface area contributed by atoms with Crippen LogP contribution < -0.4 is 10.3 Å². The molecule has 0 amide bonds. The molecule has 1 saturated carbocycles. The second-order valence-corrected chi connectivity index (χ2v) is 18.1. The first kappa shape index (κ1) is 35.2. The Hall–Kier alpha value is -4.65. The number of Topliss-reactive ketones (excluding diaryl/α,β-unsaturated/α-hetero) is 1. The van der Waals surface area contributed by atoms with E-state index < -0.39 is 51.1 Å². The molecule has 264 valence electrons. The molecule has 3 atom stereocenters. The van der Waals surface area contributed by atoms with Gasteiger partial charge in [0.1, 0.15) is 16.8 Å². The van der Waals surface area contributed by atoms with Crippen LogP contribution in [0.1, 0.15) is 34.5 Å². The van der Waals surface area contributed by atoms with E-state index in [1.807, 2.05) is 30.3 Å². The number of fused-ring (bicyclic) bond motifs is 2. The Morgan fingerprint density at radius 2 is 1.76 bits per heavy atom. The maximum Gasteiger partial charge on any atom is 0.416 e. The SMILES string of the molecule is CS(C)(C)CCOC(=O)[C@H]1[C@H](Cn2nnc3ccc(C(F)(F)F)cc3c2=O)CC[C@@H]1C(=O)c1cc2cc(OCCc3ccccc3)ccc2o1. The van der Waals surface area contributed by atoms with Gasteiger partial charge < -0.3 is 13.9 Å². The molecule has 0 N–H and O–H groups in total. The number of carbonyl (C=O) groups excluding carboxylic acids is 2. The van der Waals surface area contributed by atoms with Gasteiger partial charge in [0, 0.05) is 23.5 Å². The first-order chi connectivity index (χ1) is 23.8. The lowest BCUT2D eigenvalue weighted by Crippen LogP contribution is -2.36. The Balaban J connectivity index is 1.23. The van der Waals surface area contributed by atoms with Crippen LogP contribution in [0.4, 0.5) is 13.2 Å². The summed E-state index contributed by atoms with van der Waals surface area (Å²) in [5.74, 6) is -1.86. The van der Waals surface area contributed by atoms with E-state index in [0.29, 0.717) is 41.9 Å². The zero-order valence-electron chi connectivity index (χ0n) is 27.9. The van der Waals surface area contributed by atoms with Gasteiger partial charge in [-0.2, -0.15) is 13.2 Å². The van der Waals surface area contributed by atoms with Crippen molar-refractivity contribution in [3.63, 3.8) is 0 Å². The van der Waals surface area contributed by atoms with E-state index in [2.05, 4.69) is 29.1 Å². The van der Waals surface area contributed by atoms with Crippen LogP contribution in [0.25, 0.3) is 21.9 Å². The normalized spacial score (nSPS) is 18.4. The number of furan rings is 1. The molecule has 2 heterocycles. The summed E-state index contributed by atoms with van der Waals surface area (Å²) < 4.78 is 58.8. The zero-order valence-corrected chi connectivity index (χ0v) is 28.8.